The number of Topliss-reactive ketones (excluding diaryl/α,β-unsaturated/α-hetero) is 1. The van der Waals surface area contributed by atoms with Gasteiger partial charge in [0, 0.05) is 12.5 Å². The molecule has 1 rings (SSSR count). The lowest BCUT2D eigenvalue weighted by Gasteiger charge is -2.08. The van der Waals surface area contributed by atoms with Crippen LogP contribution < -0.4 is 0 Å². The van der Waals surface area contributed by atoms with Crippen molar-refractivity contribution >= 4 is 12.0 Å². The molecule has 0 N–H and O–H groups in total. The van der Waals surface area contributed by atoms with Gasteiger partial charge in [0.05, 0.1) is 6.21 Å². The maximum atomic E-state index is 10.6. The Kier molecular flexibility index (Phi) is 1.42. The van der Waals surface area contributed by atoms with Gasteiger partial charge in [0.2, 0.25) is 0 Å². The summed E-state index contributed by atoms with van der Waals surface area (Å²) in [4.78, 5) is 14.5. The fourth-order valence-corrected chi connectivity index (χ4v) is 0.692. The molecule has 1 aliphatic rings. The minimum absolute atomic E-state index is 0.177. The Morgan fingerprint density at radius 1 is 1.88 bits per heavy atom. The van der Waals surface area contributed by atoms with Gasteiger partial charge in [-0.05, 0) is 6.42 Å². The molecule has 0 aromatic carbocycles. The molecule has 0 radical (unpaired) electrons. The third kappa shape index (κ3) is 0.941. The van der Waals surface area contributed by atoms with Crippen molar-refractivity contribution in [3.63, 3.8) is 0 Å². The average Bonchev–Trinajstić information content (AvgIpc) is 1.77. The lowest BCUT2D eigenvalue weighted by molar-refractivity contribution is -0.116. The maximum absolute atomic E-state index is 10.6. The molecule has 0 aromatic heterocycles. The predicted octanol–water partition coefficient (Wildman–Crippen LogP) is 0.666. The maximum Gasteiger partial charge on any atom is 0.176 e. The van der Waals surface area contributed by atoms with Crippen molar-refractivity contribution in [1.82, 2.24) is 0 Å². The van der Waals surface area contributed by atoms with E-state index in [0.717, 1.165) is 13.0 Å². The first-order chi connectivity index (χ1) is 3.80. The van der Waals surface area contributed by atoms with Crippen molar-refractivity contribution in [3.8, 4) is 0 Å². The SMILES string of the molecule is CC1CCN=CC1=O. The van der Waals surface area contributed by atoms with E-state index < -0.39 is 0 Å². The van der Waals surface area contributed by atoms with E-state index in [4.69, 9.17) is 0 Å². The van der Waals surface area contributed by atoms with Gasteiger partial charge < -0.3 is 0 Å². The van der Waals surface area contributed by atoms with Crippen LogP contribution in [-0.2, 0) is 4.79 Å². The molecule has 2 nitrogen and oxygen atoms in total. The Balaban J connectivity index is 2.60. The van der Waals surface area contributed by atoms with Gasteiger partial charge in [0.1, 0.15) is 0 Å². The minimum Gasteiger partial charge on any atom is -0.293 e. The zero-order chi connectivity index (χ0) is 5.98. The molecule has 0 aromatic rings. The molecule has 1 heterocycles. The van der Waals surface area contributed by atoms with Gasteiger partial charge >= 0.3 is 0 Å². The van der Waals surface area contributed by atoms with E-state index in [1.807, 2.05) is 6.92 Å². The zero-order valence-corrected chi connectivity index (χ0v) is 4.92. The lowest BCUT2D eigenvalue weighted by Crippen LogP contribution is -2.17. The summed E-state index contributed by atoms with van der Waals surface area (Å²) in [5.74, 6) is 0.392. The predicted molar refractivity (Wildman–Crippen MR) is 32.1 cm³/mol. The first kappa shape index (κ1) is 5.48. The van der Waals surface area contributed by atoms with Crippen LogP contribution in [0.5, 0.6) is 0 Å². The van der Waals surface area contributed by atoms with Crippen molar-refractivity contribution in [2.45, 2.75) is 13.3 Å². The summed E-state index contributed by atoms with van der Waals surface area (Å²) in [5.41, 5.74) is 0. The number of rotatable bonds is 0. The molecule has 8 heavy (non-hydrogen) atoms. The van der Waals surface area contributed by atoms with E-state index >= 15 is 0 Å². The van der Waals surface area contributed by atoms with Crippen LogP contribution in [0.15, 0.2) is 4.99 Å². The Labute approximate surface area is 48.6 Å². The monoisotopic (exact) mass is 111 g/mol. The van der Waals surface area contributed by atoms with E-state index in [0.29, 0.717) is 0 Å². The highest BCUT2D eigenvalue weighted by Crippen LogP contribution is 2.05. The molecular weight excluding hydrogens is 102 g/mol. The van der Waals surface area contributed by atoms with Crippen molar-refractivity contribution in [3.05, 3.63) is 0 Å². The van der Waals surface area contributed by atoms with Crippen LogP contribution in [0.25, 0.3) is 0 Å². The van der Waals surface area contributed by atoms with Crippen molar-refractivity contribution in [2.24, 2.45) is 10.9 Å². The Morgan fingerprint density at radius 3 is 3.00 bits per heavy atom. The summed E-state index contributed by atoms with van der Waals surface area (Å²) in [6.07, 6.45) is 2.36. The van der Waals surface area contributed by atoms with Crippen molar-refractivity contribution < 1.29 is 4.79 Å². The molecule has 0 fully saturated rings. The van der Waals surface area contributed by atoms with Gasteiger partial charge in [-0.25, -0.2) is 0 Å². The van der Waals surface area contributed by atoms with Crippen LogP contribution >= 0.6 is 0 Å². The highest BCUT2D eigenvalue weighted by Gasteiger charge is 2.12. The minimum atomic E-state index is 0.177. The van der Waals surface area contributed by atoms with E-state index in [2.05, 4.69) is 4.99 Å². The van der Waals surface area contributed by atoms with Crippen LogP contribution in [-0.4, -0.2) is 18.5 Å². The third-order valence-electron chi connectivity index (χ3n) is 1.40. The fraction of sp³-hybridized carbons (Fsp3) is 0.667. The highest BCUT2D eigenvalue weighted by atomic mass is 16.1. The second-order valence-electron chi connectivity index (χ2n) is 2.13. The van der Waals surface area contributed by atoms with E-state index in [1.54, 1.807) is 0 Å². The molecule has 2 heteroatoms. The van der Waals surface area contributed by atoms with Crippen LogP contribution in [0, 0.1) is 5.92 Å². The molecule has 0 saturated heterocycles. The highest BCUT2D eigenvalue weighted by molar-refractivity contribution is 6.28. The zero-order valence-electron chi connectivity index (χ0n) is 4.92. The largest absolute Gasteiger partial charge is 0.293 e. The van der Waals surface area contributed by atoms with Gasteiger partial charge in [-0.15, -0.1) is 0 Å². The topological polar surface area (TPSA) is 29.4 Å². The third-order valence-corrected chi connectivity index (χ3v) is 1.40. The number of hydrogen-bond acceptors (Lipinski definition) is 2. The number of aliphatic imine (C=N–C) groups is 1. The van der Waals surface area contributed by atoms with Crippen LogP contribution in [0.3, 0.4) is 0 Å². The Morgan fingerprint density at radius 2 is 2.62 bits per heavy atom. The molecule has 0 aliphatic carbocycles. The summed E-state index contributed by atoms with van der Waals surface area (Å²) in [6.45, 7) is 2.76. The van der Waals surface area contributed by atoms with Gasteiger partial charge in [-0.3, -0.25) is 9.79 Å². The quantitative estimate of drug-likeness (QED) is 0.451. The molecule has 0 amide bonds. The van der Waals surface area contributed by atoms with Gasteiger partial charge in [-0.2, -0.15) is 0 Å². The number of hydrogen-bond donors (Lipinski definition) is 0. The first-order valence-corrected chi connectivity index (χ1v) is 2.84. The second-order valence-corrected chi connectivity index (χ2v) is 2.13. The van der Waals surface area contributed by atoms with Crippen molar-refractivity contribution in [2.75, 3.05) is 6.54 Å². The van der Waals surface area contributed by atoms with Gasteiger partial charge in [0.25, 0.3) is 0 Å². The molecule has 0 bridgehead atoms. The normalized spacial score (nSPS) is 28.6. The van der Waals surface area contributed by atoms with Crippen LogP contribution in [0.1, 0.15) is 13.3 Å². The average molecular weight is 111 g/mol. The summed E-state index contributed by atoms with van der Waals surface area (Å²) in [5, 5.41) is 0. The second kappa shape index (κ2) is 2.07. The van der Waals surface area contributed by atoms with E-state index in [-0.39, 0.29) is 11.7 Å². The molecule has 0 spiro atoms. The molecular formula is C6H9NO. The Hall–Kier alpha value is -0.660. The van der Waals surface area contributed by atoms with E-state index in [9.17, 15) is 4.79 Å². The number of nitrogens with zero attached hydrogens (tertiary/aromatic N) is 1. The molecule has 1 unspecified atom stereocenters. The van der Waals surface area contributed by atoms with Crippen LogP contribution in [0.2, 0.25) is 0 Å². The lowest BCUT2D eigenvalue weighted by atomic mass is 10.0. The first-order valence-electron chi connectivity index (χ1n) is 2.84. The summed E-state index contributed by atoms with van der Waals surface area (Å²) in [7, 11) is 0. The molecule has 0 saturated carbocycles. The fourth-order valence-electron chi connectivity index (χ4n) is 0.692. The van der Waals surface area contributed by atoms with Crippen LogP contribution in [0.4, 0.5) is 0 Å². The summed E-state index contributed by atoms with van der Waals surface area (Å²) < 4.78 is 0. The smallest absolute Gasteiger partial charge is 0.176 e. The number of carbonyl (C=O) groups excluding carboxylic acids is 1. The molecule has 44 valence electrons. The summed E-state index contributed by atoms with van der Waals surface area (Å²) >= 11 is 0. The summed E-state index contributed by atoms with van der Waals surface area (Å²) in [6, 6.07) is 0. The standard InChI is InChI=1S/C6H9NO/c1-5-2-3-7-4-6(5)8/h4-5H,2-3H2,1H3. The molecule has 1 aliphatic heterocycles. The van der Waals surface area contributed by atoms with Crippen molar-refractivity contribution in [1.29, 1.82) is 0 Å². The number of ketones is 1. The molecule has 1 atom stereocenters. The van der Waals surface area contributed by atoms with Gasteiger partial charge in [-0.1, -0.05) is 6.92 Å². The van der Waals surface area contributed by atoms with Gasteiger partial charge in [0.15, 0.2) is 5.78 Å². The number of carbonyl (C=O) groups is 1. The Bertz CT molecular complexity index is 128. The van der Waals surface area contributed by atoms with E-state index in [1.165, 1.54) is 6.21 Å².